The molecule has 0 amide bonds. The molecule has 0 N–H and O–H groups in total. The van der Waals surface area contributed by atoms with Crippen molar-refractivity contribution in [3.05, 3.63) is 34.3 Å². The fraction of sp³-hybridized carbons (Fsp3) is 0.571. The number of halogens is 1. The maximum Gasteiger partial charge on any atom is 0.181 e. The van der Waals surface area contributed by atoms with Crippen LogP contribution in [0.3, 0.4) is 0 Å². The van der Waals surface area contributed by atoms with Crippen LogP contribution in [0.15, 0.2) is 28.7 Å². The minimum atomic E-state index is -0.233. The van der Waals surface area contributed by atoms with Crippen molar-refractivity contribution in [1.29, 1.82) is 0 Å². The molecule has 0 spiro atoms. The van der Waals surface area contributed by atoms with E-state index in [0.29, 0.717) is 39.6 Å². The normalized spacial score (nSPS) is 19.5. The third-order valence-electron chi connectivity index (χ3n) is 2.77. The first-order valence-electron chi connectivity index (χ1n) is 6.48. The Morgan fingerprint density at radius 1 is 1.11 bits per heavy atom. The van der Waals surface area contributed by atoms with Gasteiger partial charge in [-0.05, 0) is 24.1 Å². The second-order valence-corrected chi connectivity index (χ2v) is 5.15. The van der Waals surface area contributed by atoms with E-state index in [-0.39, 0.29) is 6.29 Å². The van der Waals surface area contributed by atoms with Gasteiger partial charge in [-0.1, -0.05) is 28.1 Å². The molecule has 0 aliphatic carbocycles. The molecular weight excluding hydrogens is 312 g/mol. The second kappa shape index (κ2) is 8.66. The molecule has 5 heteroatoms. The van der Waals surface area contributed by atoms with Crippen molar-refractivity contribution in [2.45, 2.75) is 12.7 Å². The molecule has 1 aliphatic rings. The summed E-state index contributed by atoms with van der Waals surface area (Å²) >= 11 is 3.42. The molecule has 0 radical (unpaired) electrons. The van der Waals surface area contributed by atoms with Crippen LogP contribution in [0.25, 0.3) is 0 Å². The van der Waals surface area contributed by atoms with Crippen LogP contribution in [-0.2, 0) is 25.4 Å². The lowest BCUT2D eigenvalue weighted by Gasteiger charge is -2.22. The fourth-order valence-electron chi connectivity index (χ4n) is 1.74. The first-order chi connectivity index (χ1) is 9.34. The van der Waals surface area contributed by atoms with Crippen LogP contribution in [0.2, 0.25) is 0 Å². The second-order valence-electron chi connectivity index (χ2n) is 4.23. The summed E-state index contributed by atoms with van der Waals surface area (Å²) in [6, 6.07) is 8.27. The predicted molar refractivity (Wildman–Crippen MR) is 75.2 cm³/mol. The number of hydrogen-bond acceptors (Lipinski definition) is 4. The molecular formula is C14H19BrO4. The number of rotatable bonds is 7. The van der Waals surface area contributed by atoms with Crippen LogP contribution in [0.5, 0.6) is 0 Å². The molecule has 19 heavy (non-hydrogen) atoms. The van der Waals surface area contributed by atoms with Crippen LogP contribution >= 0.6 is 15.9 Å². The Kier molecular flexibility index (Phi) is 6.81. The number of ether oxygens (including phenoxy) is 4. The van der Waals surface area contributed by atoms with E-state index >= 15 is 0 Å². The average molecular weight is 331 g/mol. The highest BCUT2D eigenvalue weighted by molar-refractivity contribution is 9.10. The highest BCUT2D eigenvalue weighted by Gasteiger charge is 2.13. The molecule has 1 aromatic rings. The van der Waals surface area contributed by atoms with E-state index in [1.165, 1.54) is 5.56 Å². The van der Waals surface area contributed by atoms with Crippen LogP contribution in [0.1, 0.15) is 5.56 Å². The Morgan fingerprint density at radius 3 is 2.68 bits per heavy atom. The van der Waals surface area contributed by atoms with Crippen molar-refractivity contribution >= 4 is 15.9 Å². The first-order valence-corrected chi connectivity index (χ1v) is 7.27. The standard InChI is InChI=1S/C14H19BrO4/c15-13-3-1-12(2-4-13)5-6-16-7-9-18-14-11-17-8-10-19-14/h1-4,14H,5-11H2. The van der Waals surface area contributed by atoms with E-state index in [4.69, 9.17) is 18.9 Å². The van der Waals surface area contributed by atoms with E-state index in [1.54, 1.807) is 0 Å². The van der Waals surface area contributed by atoms with Gasteiger partial charge in [-0.15, -0.1) is 0 Å². The van der Waals surface area contributed by atoms with Crippen molar-refractivity contribution in [1.82, 2.24) is 0 Å². The molecule has 1 saturated heterocycles. The monoisotopic (exact) mass is 330 g/mol. The lowest BCUT2D eigenvalue weighted by atomic mass is 10.2. The Balaban J connectivity index is 1.49. The van der Waals surface area contributed by atoms with E-state index in [0.717, 1.165) is 10.9 Å². The Bertz CT molecular complexity index is 349. The van der Waals surface area contributed by atoms with Gasteiger partial charge in [-0.25, -0.2) is 0 Å². The molecule has 0 aromatic heterocycles. The summed E-state index contributed by atoms with van der Waals surface area (Å²) in [4.78, 5) is 0. The zero-order chi connectivity index (χ0) is 13.3. The van der Waals surface area contributed by atoms with Crippen LogP contribution in [0.4, 0.5) is 0 Å². The summed E-state index contributed by atoms with van der Waals surface area (Å²) < 4.78 is 22.7. The molecule has 1 fully saturated rings. The fourth-order valence-corrected chi connectivity index (χ4v) is 2.01. The van der Waals surface area contributed by atoms with Crippen LogP contribution in [-0.4, -0.2) is 45.9 Å². The highest BCUT2D eigenvalue weighted by atomic mass is 79.9. The molecule has 2 rings (SSSR count). The van der Waals surface area contributed by atoms with Gasteiger partial charge < -0.3 is 18.9 Å². The van der Waals surface area contributed by atoms with Crippen LogP contribution in [0, 0.1) is 0 Å². The lowest BCUT2D eigenvalue weighted by molar-refractivity contribution is -0.215. The maximum absolute atomic E-state index is 5.53. The van der Waals surface area contributed by atoms with E-state index in [1.807, 2.05) is 12.1 Å². The topological polar surface area (TPSA) is 36.9 Å². The third-order valence-corrected chi connectivity index (χ3v) is 3.29. The summed E-state index contributed by atoms with van der Waals surface area (Å²) in [6.45, 7) is 3.59. The molecule has 0 bridgehead atoms. The molecule has 4 nitrogen and oxygen atoms in total. The summed E-state index contributed by atoms with van der Waals surface area (Å²) in [5.41, 5.74) is 1.27. The SMILES string of the molecule is Brc1ccc(CCOCCOC2COCCO2)cc1. The minimum Gasteiger partial charge on any atom is -0.379 e. The molecule has 0 saturated carbocycles. The van der Waals surface area contributed by atoms with Crippen molar-refractivity contribution in [2.24, 2.45) is 0 Å². The summed E-state index contributed by atoms with van der Waals surface area (Å²) in [7, 11) is 0. The average Bonchev–Trinajstić information content (AvgIpc) is 2.46. The van der Waals surface area contributed by atoms with Crippen molar-refractivity contribution < 1.29 is 18.9 Å². The molecule has 1 aliphatic heterocycles. The van der Waals surface area contributed by atoms with E-state index in [9.17, 15) is 0 Å². The van der Waals surface area contributed by atoms with Gasteiger partial charge >= 0.3 is 0 Å². The van der Waals surface area contributed by atoms with Gasteiger partial charge in [-0.3, -0.25) is 0 Å². The summed E-state index contributed by atoms with van der Waals surface area (Å²) in [5.74, 6) is 0. The van der Waals surface area contributed by atoms with Gasteiger partial charge in [0, 0.05) is 4.47 Å². The Hall–Kier alpha value is -0.460. The van der Waals surface area contributed by atoms with Gasteiger partial charge in [0.15, 0.2) is 6.29 Å². The van der Waals surface area contributed by atoms with E-state index in [2.05, 4.69) is 28.1 Å². The first kappa shape index (κ1) is 14.9. The van der Waals surface area contributed by atoms with Gasteiger partial charge in [0.25, 0.3) is 0 Å². The van der Waals surface area contributed by atoms with E-state index < -0.39 is 0 Å². The minimum absolute atomic E-state index is 0.233. The van der Waals surface area contributed by atoms with Crippen molar-refractivity contribution in [3.63, 3.8) is 0 Å². The molecule has 106 valence electrons. The maximum atomic E-state index is 5.53. The number of hydrogen-bond donors (Lipinski definition) is 0. The Labute approximate surface area is 122 Å². The van der Waals surface area contributed by atoms with Gasteiger partial charge in [0.05, 0.1) is 39.6 Å². The molecule has 1 heterocycles. The molecule has 1 unspecified atom stereocenters. The van der Waals surface area contributed by atoms with Gasteiger partial charge in [-0.2, -0.15) is 0 Å². The van der Waals surface area contributed by atoms with Crippen molar-refractivity contribution in [3.8, 4) is 0 Å². The van der Waals surface area contributed by atoms with Crippen LogP contribution < -0.4 is 0 Å². The zero-order valence-corrected chi connectivity index (χ0v) is 12.4. The highest BCUT2D eigenvalue weighted by Crippen LogP contribution is 2.10. The lowest BCUT2D eigenvalue weighted by Crippen LogP contribution is -2.31. The quantitative estimate of drug-likeness (QED) is 0.719. The Morgan fingerprint density at radius 2 is 1.95 bits per heavy atom. The summed E-state index contributed by atoms with van der Waals surface area (Å²) in [5, 5.41) is 0. The smallest absolute Gasteiger partial charge is 0.181 e. The molecule has 1 aromatic carbocycles. The molecule has 1 atom stereocenters. The third kappa shape index (κ3) is 6.01. The predicted octanol–water partition coefficient (Wildman–Crippen LogP) is 2.40. The largest absolute Gasteiger partial charge is 0.379 e. The summed E-state index contributed by atoms with van der Waals surface area (Å²) in [6.07, 6.45) is 0.680. The van der Waals surface area contributed by atoms with Crippen molar-refractivity contribution in [2.75, 3.05) is 39.6 Å². The zero-order valence-electron chi connectivity index (χ0n) is 10.8. The number of benzene rings is 1. The van der Waals surface area contributed by atoms with Gasteiger partial charge in [0.1, 0.15) is 0 Å². The van der Waals surface area contributed by atoms with Gasteiger partial charge in [0.2, 0.25) is 0 Å².